The standard InChI is InChI=1S/C13H10N2O6/c16-12(8-4-11(13(17)18)21-15-8)14-5-7-1-2-9-10(3-7)20-6-19-9/h1-4H,5-6H2,(H,14,16)(H,17,18). The highest BCUT2D eigenvalue weighted by Crippen LogP contribution is 2.32. The van der Waals surface area contributed by atoms with E-state index >= 15 is 0 Å². The molecule has 8 nitrogen and oxygen atoms in total. The summed E-state index contributed by atoms with van der Waals surface area (Å²) in [6.07, 6.45) is 0. The summed E-state index contributed by atoms with van der Waals surface area (Å²) in [5.74, 6) is -0.909. The Balaban J connectivity index is 1.64. The summed E-state index contributed by atoms with van der Waals surface area (Å²) >= 11 is 0. The molecule has 2 N–H and O–H groups in total. The van der Waals surface area contributed by atoms with Crippen LogP contribution in [0.1, 0.15) is 26.6 Å². The number of nitrogens with one attached hydrogen (secondary N) is 1. The maximum absolute atomic E-state index is 11.8. The van der Waals surface area contributed by atoms with Crippen LogP contribution in [0.3, 0.4) is 0 Å². The zero-order valence-electron chi connectivity index (χ0n) is 10.7. The van der Waals surface area contributed by atoms with Crippen LogP contribution in [-0.4, -0.2) is 28.9 Å². The predicted molar refractivity (Wildman–Crippen MR) is 67.2 cm³/mol. The number of carbonyl (C=O) groups excluding carboxylic acids is 1. The topological polar surface area (TPSA) is 111 Å². The number of nitrogens with zero attached hydrogens (tertiary/aromatic N) is 1. The highest BCUT2D eigenvalue weighted by molar-refractivity contribution is 5.94. The van der Waals surface area contributed by atoms with Crippen molar-refractivity contribution in [3.05, 3.63) is 41.3 Å². The molecule has 21 heavy (non-hydrogen) atoms. The van der Waals surface area contributed by atoms with Gasteiger partial charge in [0.25, 0.3) is 5.91 Å². The second kappa shape index (κ2) is 5.16. The van der Waals surface area contributed by atoms with Gasteiger partial charge in [-0.2, -0.15) is 0 Å². The summed E-state index contributed by atoms with van der Waals surface area (Å²) in [5.41, 5.74) is 0.725. The average Bonchev–Trinajstić information content (AvgIpc) is 3.12. The molecule has 3 rings (SSSR count). The second-order valence-corrected chi connectivity index (χ2v) is 4.25. The van der Waals surface area contributed by atoms with E-state index in [1.165, 1.54) is 0 Å². The molecule has 0 atom stereocenters. The van der Waals surface area contributed by atoms with Crippen LogP contribution < -0.4 is 14.8 Å². The predicted octanol–water partition coefficient (Wildman–Crippen LogP) is 1.03. The highest BCUT2D eigenvalue weighted by Gasteiger charge is 2.17. The number of amides is 1. The van der Waals surface area contributed by atoms with Crippen molar-refractivity contribution in [2.24, 2.45) is 0 Å². The van der Waals surface area contributed by atoms with Gasteiger partial charge in [-0.25, -0.2) is 4.79 Å². The number of hydrogen-bond acceptors (Lipinski definition) is 6. The molecule has 0 aliphatic carbocycles. The molecular weight excluding hydrogens is 280 g/mol. The number of rotatable bonds is 4. The average molecular weight is 290 g/mol. The van der Waals surface area contributed by atoms with Crippen LogP contribution in [0.5, 0.6) is 11.5 Å². The van der Waals surface area contributed by atoms with E-state index < -0.39 is 11.9 Å². The lowest BCUT2D eigenvalue weighted by Crippen LogP contribution is -2.23. The van der Waals surface area contributed by atoms with E-state index in [0.29, 0.717) is 11.5 Å². The molecular formula is C13H10N2O6. The second-order valence-electron chi connectivity index (χ2n) is 4.25. The Hall–Kier alpha value is -3.03. The van der Waals surface area contributed by atoms with Crippen LogP contribution in [0.15, 0.2) is 28.8 Å². The molecule has 0 saturated carbocycles. The lowest BCUT2D eigenvalue weighted by molar-refractivity contribution is 0.0651. The first-order valence-corrected chi connectivity index (χ1v) is 6.00. The van der Waals surface area contributed by atoms with Gasteiger partial charge in [0.15, 0.2) is 17.2 Å². The molecule has 0 saturated heterocycles. The maximum atomic E-state index is 11.8. The number of hydrogen-bond donors (Lipinski definition) is 2. The van der Waals surface area contributed by atoms with Gasteiger partial charge in [-0.15, -0.1) is 0 Å². The molecule has 0 bridgehead atoms. The van der Waals surface area contributed by atoms with Crippen molar-refractivity contribution < 1.29 is 28.7 Å². The first-order valence-electron chi connectivity index (χ1n) is 6.00. The van der Waals surface area contributed by atoms with Crippen molar-refractivity contribution >= 4 is 11.9 Å². The summed E-state index contributed by atoms with van der Waals surface area (Å²) in [5, 5.41) is 14.7. The van der Waals surface area contributed by atoms with E-state index in [9.17, 15) is 9.59 Å². The Morgan fingerprint density at radius 3 is 2.81 bits per heavy atom. The molecule has 2 aromatic rings. The van der Waals surface area contributed by atoms with E-state index in [-0.39, 0.29) is 24.8 Å². The number of carbonyl (C=O) groups is 2. The van der Waals surface area contributed by atoms with Crippen molar-refractivity contribution in [1.82, 2.24) is 10.5 Å². The SMILES string of the molecule is O=C(NCc1ccc2c(c1)OCO2)c1cc(C(=O)O)on1. The molecule has 0 unspecified atom stereocenters. The lowest BCUT2D eigenvalue weighted by Gasteiger charge is -2.04. The summed E-state index contributed by atoms with van der Waals surface area (Å²) in [7, 11) is 0. The largest absolute Gasteiger partial charge is 0.475 e. The van der Waals surface area contributed by atoms with Crippen molar-refractivity contribution in [1.29, 1.82) is 0 Å². The minimum absolute atomic E-state index is 0.0897. The van der Waals surface area contributed by atoms with Gasteiger partial charge < -0.3 is 24.4 Å². The van der Waals surface area contributed by atoms with E-state index in [1.54, 1.807) is 18.2 Å². The zero-order chi connectivity index (χ0) is 14.8. The van der Waals surface area contributed by atoms with Crippen molar-refractivity contribution in [3.8, 4) is 11.5 Å². The fourth-order valence-corrected chi connectivity index (χ4v) is 1.81. The quantitative estimate of drug-likeness (QED) is 0.865. The summed E-state index contributed by atoms with van der Waals surface area (Å²) in [6.45, 7) is 0.423. The number of carboxylic acids is 1. The third kappa shape index (κ3) is 2.64. The molecule has 1 aromatic heterocycles. The molecule has 1 aromatic carbocycles. The van der Waals surface area contributed by atoms with Gasteiger partial charge in [0.05, 0.1) is 0 Å². The van der Waals surface area contributed by atoms with Gasteiger partial charge in [-0.1, -0.05) is 11.2 Å². The van der Waals surface area contributed by atoms with Gasteiger partial charge in [-0.3, -0.25) is 4.79 Å². The maximum Gasteiger partial charge on any atom is 0.374 e. The summed E-state index contributed by atoms with van der Waals surface area (Å²) < 4.78 is 14.9. The van der Waals surface area contributed by atoms with Gasteiger partial charge in [-0.05, 0) is 17.7 Å². The fraction of sp³-hybridized carbons (Fsp3) is 0.154. The zero-order valence-corrected chi connectivity index (χ0v) is 10.7. The van der Waals surface area contributed by atoms with E-state index in [4.69, 9.17) is 14.6 Å². The number of fused-ring (bicyclic) bond motifs is 1. The lowest BCUT2D eigenvalue weighted by atomic mass is 10.2. The molecule has 8 heteroatoms. The van der Waals surface area contributed by atoms with Crippen LogP contribution in [-0.2, 0) is 6.54 Å². The van der Waals surface area contributed by atoms with Crippen LogP contribution in [0.25, 0.3) is 0 Å². The van der Waals surface area contributed by atoms with Gasteiger partial charge >= 0.3 is 5.97 Å². The Morgan fingerprint density at radius 1 is 1.24 bits per heavy atom. The fourth-order valence-electron chi connectivity index (χ4n) is 1.81. The van der Waals surface area contributed by atoms with Crippen molar-refractivity contribution in [2.45, 2.75) is 6.54 Å². The van der Waals surface area contributed by atoms with E-state index in [0.717, 1.165) is 11.6 Å². The number of aromatic carboxylic acids is 1. The third-order valence-corrected chi connectivity index (χ3v) is 2.84. The van der Waals surface area contributed by atoms with Crippen LogP contribution in [0, 0.1) is 0 Å². The summed E-state index contributed by atoms with van der Waals surface area (Å²) in [4.78, 5) is 22.4. The molecule has 0 radical (unpaired) electrons. The van der Waals surface area contributed by atoms with Gasteiger partial charge in [0.1, 0.15) is 0 Å². The number of benzene rings is 1. The number of ether oxygens (including phenoxy) is 2. The highest BCUT2D eigenvalue weighted by atomic mass is 16.7. The first-order chi connectivity index (χ1) is 10.1. The van der Waals surface area contributed by atoms with Crippen LogP contribution in [0.2, 0.25) is 0 Å². The third-order valence-electron chi connectivity index (χ3n) is 2.84. The Labute approximate surface area is 118 Å². The summed E-state index contributed by atoms with van der Waals surface area (Å²) in [6, 6.07) is 6.37. The molecule has 1 amide bonds. The molecule has 1 aliphatic heterocycles. The van der Waals surface area contributed by atoms with E-state index in [2.05, 4.69) is 15.0 Å². The first kappa shape index (κ1) is 13.0. The molecule has 2 heterocycles. The van der Waals surface area contributed by atoms with E-state index in [1.807, 2.05) is 0 Å². The van der Waals surface area contributed by atoms with Gasteiger partial charge in [0.2, 0.25) is 12.6 Å². The van der Waals surface area contributed by atoms with Crippen molar-refractivity contribution in [3.63, 3.8) is 0 Å². The van der Waals surface area contributed by atoms with Crippen LogP contribution >= 0.6 is 0 Å². The molecule has 0 spiro atoms. The Kier molecular flexibility index (Phi) is 3.19. The number of carboxylic acid groups (broad SMARTS) is 1. The molecule has 108 valence electrons. The number of aromatic nitrogens is 1. The monoisotopic (exact) mass is 290 g/mol. The van der Waals surface area contributed by atoms with Crippen LogP contribution in [0.4, 0.5) is 0 Å². The van der Waals surface area contributed by atoms with Gasteiger partial charge in [0, 0.05) is 12.6 Å². The molecule has 1 aliphatic rings. The minimum atomic E-state index is -1.28. The smallest absolute Gasteiger partial charge is 0.374 e. The van der Waals surface area contributed by atoms with Crippen molar-refractivity contribution in [2.75, 3.05) is 6.79 Å². The minimum Gasteiger partial charge on any atom is -0.475 e. The normalized spacial score (nSPS) is 12.2. The molecule has 0 fully saturated rings. The Bertz CT molecular complexity index is 708. The Morgan fingerprint density at radius 2 is 2.05 bits per heavy atom.